The van der Waals surface area contributed by atoms with Gasteiger partial charge in [0.15, 0.2) is 0 Å². The Balaban J connectivity index is 2.62. The highest BCUT2D eigenvalue weighted by Crippen LogP contribution is 2.32. The molecule has 88 valence electrons. The second kappa shape index (κ2) is 5.50. The molecule has 3 nitrogen and oxygen atoms in total. The molecule has 0 aromatic rings. The molecule has 0 aliphatic heterocycles. The molecule has 3 heteroatoms. The van der Waals surface area contributed by atoms with Crippen LogP contribution in [-0.2, 0) is 4.79 Å². The van der Waals surface area contributed by atoms with Crippen LogP contribution in [-0.4, -0.2) is 30.4 Å². The van der Waals surface area contributed by atoms with E-state index in [-0.39, 0.29) is 5.91 Å². The van der Waals surface area contributed by atoms with Gasteiger partial charge in [0.05, 0.1) is 0 Å². The Labute approximate surface area is 93.0 Å². The largest absolute Gasteiger partial charge is 0.342 e. The van der Waals surface area contributed by atoms with Gasteiger partial charge in [0.2, 0.25) is 5.91 Å². The standard InChI is InChI=1S/C12H24N2O/c1-9-5-4-6-10(2)12(9)14(3)11(15)7-8-13/h9-10,12H,4-8,13H2,1-3H3/t9-,10-/m1/s1. The van der Waals surface area contributed by atoms with E-state index in [1.807, 2.05) is 11.9 Å². The van der Waals surface area contributed by atoms with Crippen LogP contribution < -0.4 is 5.73 Å². The molecule has 1 amide bonds. The molecular weight excluding hydrogens is 188 g/mol. The summed E-state index contributed by atoms with van der Waals surface area (Å²) in [4.78, 5) is 13.7. The van der Waals surface area contributed by atoms with Gasteiger partial charge in [-0.15, -0.1) is 0 Å². The number of nitrogens with two attached hydrogens (primary N) is 1. The Morgan fingerprint density at radius 1 is 1.33 bits per heavy atom. The Kier molecular flexibility index (Phi) is 4.58. The Hall–Kier alpha value is -0.570. The first-order valence-electron chi connectivity index (χ1n) is 6.03. The van der Waals surface area contributed by atoms with Gasteiger partial charge in [-0.3, -0.25) is 4.79 Å². The van der Waals surface area contributed by atoms with Crippen LogP contribution in [0.25, 0.3) is 0 Å². The predicted molar refractivity (Wildman–Crippen MR) is 62.4 cm³/mol. The van der Waals surface area contributed by atoms with Crippen molar-refractivity contribution in [1.82, 2.24) is 4.90 Å². The monoisotopic (exact) mass is 212 g/mol. The minimum atomic E-state index is 0.197. The van der Waals surface area contributed by atoms with E-state index >= 15 is 0 Å². The average Bonchev–Trinajstić information content (AvgIpc) is 2.17. The van der Waals surface area contributed by atoms with Gasteiger partial charge in [0.1, 0.15) is 0 Å². The summed E-state index contributed by atoms with van der Waals surface area (Å²) in [5.74, 6) is 1.45. The number of hydrogen-bond donors (Lipinski definition) is 1. The molecule has 0 saturated heterocycles. The number of amides is 1. The van der Waals surface area contributed by atoms with Crippen LogP contribution in [0.3, 0.4) is 0 Å². The maximum absolute atomic E-state index is 11.8. The molecule has 0 aromatic carbocycles. The molecule has 0 aromatic heterocycles. The van der Waals surface area contributed by atoms with Gasteiger partial charge in [-0.2, -0.15) is 0 Å². The van der Waals surface area contributed by atoms with Crippen molar-refractivity contribution in [2.24, 2.45) is 17.6 Å². The maximum atomic E-state index is 11.8. The molecule has 1 aliphatic carbocycles. The van der Waals surface area contributed by atoms with E-state index in [2.05, 4.69) is 13.8 Å². The Morgan fingerprint density at radius 3 is 2.33 bits per heavy atom. The minimum absolute atomic E-state index is 0.197. The lowest BCUT2D eigenvalue weighted by Gasteiger charge is -2.40. The number of carbonyl (C=O) groups excluding carboxylic acids is 1. The van der Waals surface area contributed by atoms with Crippen LogP contribution in [0.1, 0.15) is 39.5 Å². The Morgan fingerprint density at radius 2 is 1.87 bits per heavy atom. The quantitative estimate of drug-likeness (QED) is 0.772. The lowest BCUT2D eigenvalue weighted by atomic mass is 9.78. The molecule has 1 rings (SSSR count). The minimum Gasteiger partial charge on any atom is -0.342 e. The topological polar surface area (TPSA) is 46.3 Å². The summed E-state index contributed by atoms with van der Waals surface area (Å²) < 4.78 is 0. The number of rotatable bonds is 3. The third-order valence-electron chi connectivity index (χ3n) is 3.68. The van der Waals surface area contributed by atoms with E-state index in [4.69, 9.17) is 5.73 Å². The fourth-order valence-electron chi connectivity index (χ4n) is 2.89. The van der Waals surface area contributed by atoms with Crippen molar-refractivity contribution in [3.8, 4) is 0 Å². The summed E-state index contributed by atoms with van der Waals surface area (Å²) >= 11 is 0. The van der Waals surface area contributed by atoms with Crippen LogP contribution >= 0.6 is 0 Å². The zero-order valence-electron chi connectivity index (χ0n) is 10.2. The van der Waals surface area contributed by atoms with E-state index in [0.717, 1.165) is 0 Å². The molecule has 2 atom stereocenters. The van der Waals surface area contributed by atoms with Gasteiger partial charge >= 0.3 is 0 Å². The van der Waals surface area contributed by atoms with E-state index in [9.17, 15) is 4.79 Å². The molecule has 0 spiro atoms. The highest BCUT2D eigenvalue weighted by atomic mass is 16.2. The van der Waals surface area contributed by atoms with Crippen molar-refractivity contribution in [2.75, 3.05) is 13.6 Å². The van der Waals surface area contributed by atoms with Crippen molar-refractivity contribution in [1.29, 1.82) is 0 Å². The zero-order valence-corrected chi connectivity index (χ0v) is 10.2. The molecular formula is C12H24N2O. The highest BCUT2D eigenvalue weighted by molar-refractivity contribution is 5.76. The second-order valence-corrected chi connectivity index (χ2v) is 4.92. The summed E-state index contributed by atoms with van der Waals surface area (Å²) in [6, 6.07) is 0.415. The van der Waals surface area contributed by atoms with Crippen molar-refractivity contribution in [3.05, 3.63) is 0 Å². The van der Waals surface area contributed by atoms with Gasteiger partial charge in [-0.05, 0) is 24.7 Å². The van der Waals surface area contributed by atoms with Crippen LogP contribution in [0.4, 0.5) is 0 Å². The third kappa shape index (κ3) is 2.94. The first-order valence-corrected chi connectivity index (χ1v) is 6.03. The van der Waals surface area contributed by atoms with Gasteiger partial charge in [0, 0.05) is 26.1 Å². The first-order chi connectivity index (χ1) is 7.07. The SMILES string of the molecule is C[C@@H]1CCC[C@@H](C)C1N(C)C(=O)CCN. The molecule has 0 unspecified atom stereocenters. The summed E-state index contributed by atoms with van der Waals surface area (Å²) in [5, 5.41) is 0. The summed E-state index contributed by atoms with van der Waals surface area (Å²) in [7, 11) is 1.93. The van der Waals surface area contributed by atoms with E-state index < -0.39 is 0 Å². The Bertz CT molecular complexity index is 208. The predicted octanol–water partition coefficient (Wildman–Crippen LogP) is 1.62. The van der Waals surface area contributed by atoms with Gasteiger partial charge in [-0.25, -0.2) is 0 Å². The van der Waals surface area contributed by atoms with Crippen LogP contribution in [0.15, 0.2) is 0 Å². The average molecular weight is 212 g/mol. The van der Waals surface area contributed by atoms with E-state index in [0.29, 0.717) is 30.8 Å². The molecule has 0 radical (unpaired) electrons. The van der Waals surface area contributed by atoms with Crippen molar-refractivity contribution in [3.63, 3.8) is 0 Å². The fraction of sp³-hybridized carbons (Fsp3) is 0.917. The molecule has 2 N–H and O–H groups in total. The molecule has 15 heavy (non-hydrogen) atoms. The highest BCUT2D eigenvalue weighted by Gasteiger charge is 2.32. The molecule has 1 aliphatic rings. The lowest BCUT2D eigenvalue weighted by Crippen LogP contribution is -2.47. The molecule has 1 fully saturated rings. The normalized spacial score (nSPS) is 27.7. The third-order valence-corrected chi connectivity index (χ3v) is 3.68. The van der Waals surface area contributed by atoms with Crippen molar-refractivity contribution >= 4 is 5.91 Å². The zero-order chi connectivity index (χ0) is 11.4. The lowest BCUT2D eigenvalue weighted by molar-refractivity contribution is -0.134. The summed E-state index contributed by atoms with van der Waals surface area (Å²) in [5.41, 5.74) is 5.42. The summed E-state index contributed by atoms with van der Waals surface area (Å²) in [6.07, 6.45) is 4.27. The smallest absolute Gasteiger partial charge is 0.223 e. The van der Waals surface area contributed by atoms with Crippen LogP contribution in [0.2, 0.25) is 0 Å². The first kappa shape index (κ1) is 12.5. The molecule has 0 bridgehead atoms. The maximum Gasteiger partial charge on any atom is 0.223 e. The van der Waals surface area contributed by atoms with Crippen molar-refractivity contribution in [2.45, 2.75) is 45.6 Å². The van der Waals surface area contributed by atoms with Gasteiger partial charge in [-0.1, -0.05) is 20.3 Å². The van der Waals surface area contributed by atoms with Crippen LogP contribution in [0.5, 0.6) is 0 Å². The number of carbonyl (C=O) groups is 1. The summed E-state index contributed by atoms with van der Waals surface area (Å²) in [6.45, 7) is 4.97. The second-order valence-electron chi connectivity index (χ2n) is 4.92. The fourth-order valence-corrected chi connectivity index (χ4v) is 2.89. The number of hydrogen-bond acceptors (Lipinski definition) is 2. The molecule has 0 heterocycles. The van der Waals surface area contributed by atoms with Gasteiger partial charge in [0.25, 0.3) is 0 Å². The van der Waals surface area contributed by atoms with Gasteiger partial charge < -0.3 is 10.6 Å². The molecule has 1 saturated carbocycles. The van der Waals surface area contributed by atoms with Crippen LogP contribution in [0, 0.1) is 11.8 Å². The van der Waals surface area contributed by atoms with Crippen molar-refractivity contribution < 1.29 is 4.79 Å². The van der Waals surface area contributed by atoms with E-state index in [1.165, 1.54) is 19.3 Å². The van der Waals surface area contributed by atoms with E-state index in [1.54, 1.807) is 0 Å². The number of nitrogens with zero attached hydrogens (tertiary/aromatic N) is 1.